The molecule has 0 bridgehead atoms. The maximum Gasteiger partial charge on any atom is 0.256 e. The fraction of sp³-hybridized carbons (Fsp3) is 0. The van der Waals surface area contributed by atoms with E-state index in [9.17, 15) is 9.18 Å². The van der Waals surface area contributed by atoms with Crippen molar-refractivity contribution >= 4 is 23.2 Å². The van der Waals surface area contributed by atoms with Crippen LogP contribution in [0.1, 0.15) is 10.4 Å². The van der Waals surface area contributed by atoms with E-state index in [0.717, 1.165) is 11.6 Å². The smallest absolute Gasteiger partial charge is 0.256 e. The predicted octanol–water partition coefficient (Wildman–Crippen LogP) is 6.05. The number of amides is 1. The number of hydrogen-bond donors (Lipinski definition) is 1. The molecule has 3 aromatic carbocycles. The van der Waals surface area contributed by atoms with Crippen molar-refractivity contribution in [2.75, 3.05) is 5.32 Å². The summed E-state index contributed by atoms with van der Waals surface area (Å²) in [5, 5.41) is 2.81. The molecular formula is C22H14ClFN2O2. The van der Waals surface area contributed by atoms with Gasteiger partial charge in [-0.15, -0.1) is 0 Å². The summed E-state index contributed by atoms with van der Waals surface area (Å²) in [6, 6.07) is 20.5. The molecule has 1 amide bonds. The second-order valence-corrected chi connectivity index (χ2v) is 6.46. The molecule has 1 aromatic heterocycles. The average molecular weight is 393 g/mol. The van der Waals surface area contributed by atoms with Crippen LogP contribution in [0.5, 0.6) is 0 Å². The van der Waals surface area contributed by atoms with Crippen molar-refractivity contribution in [1.82, 2.24) is 4.98 Å². The standard InChI is InChI=1S/C22H14ClFN2O2/c23-15-10-11-19(18(24)12-15)26-21(27)16-8-4-5-9-17(16)22-25-13-20(28-22)14-6-2-1-3-7-14/h1-13H,(H,26,27). The highest BCUT2D eigenvalue weighted by molar-refractivity contribution is 6.30. The van der Waals surface area contributed by atoms with Gasteiger partial charge in [0.2, 0.25) is 5.89 Å². The van der Waals surface area contributed by atoms with Gasteiger partial charge >= 0.3 is 0 Å². The minimum absolute atomic E-state index is 0.0431. The molecule has 1 N–H and O–H groups in total. The molecule has 28 heavy (non-hydrogen) atoms. The maximum absolute atomic E-state index is 14.0. The molecule has 0 atom stereocenters. The van der Waals surface area contributed by atoms with E-state index in [0.29, 0.717) is 22.8 Å². The number of rotatable bonds is 4. The maximum atomic E-state index is 14.0. The molecule has 138 valence electrons. The summed E-state index contributed by atoms with van der Waals surface area (Å²) in [6.45, 7) is 0. The Morgan fingerprint density at radius 3 is 2.54 bits per heavy atom. The van der Waals surface area contributed by atoms with Crippen LogP contribution in [-0.4, -0.2) is 10.9 Å². The molecule has 0 aliphatic heterocycles. The van der Waals surface area contributed by atoms with Crippen molar-refractivity contribution in [2.24, 2.45) is 0 Å². The molecule has 4 nitrogen and oxygen atoms in total. The fourth-order valence-corrected chi connectivity index (χ4v) is 2.94. The lowest BCUT2D eigenvalue weighted by molar-refractivity contribution is 0.102. The highest BCUT2D eigenvalue weighted by atomic mass is 35.5. The number of nitrogens with zero attached hydrogens (tertiary/aromatic N) is 1. The number of hydrogen-bond acceptors (Lipinski definition) is 3. The normalized spacial score (nSPS) is 10.6. The highest BCUT2D eigenvalue weighted by Crippen LogP contribution is 2.29. The number of halogens is 2. The van der Waals surface area contributed by atoms with Gasteiger partial charge in [-0.1, -0.05) is 54.1 Å². The van der Waals surface area contributed by atoms with Gasteiger partial charge in [0.25, 0.3) is 5.91 Å². The molecule has 0 radical (unpaired) electrons. The van der Waals surface area contributed by atoms with Crippen LogP contribution in [0.25, 0.3) is 22.8 Å². The molecule has 0 saturated carbocycles. The first-order chi connectivity index (χ1) is 13.6. The molecule has 0 unspecified atom stereocenters. The molecular weight excluding hydrogens is 379 g/mol. The number of benzene rings is 3. The zero-order valence-corrected chi connectivity index (χ0v) is 15.3. The number of aromatic nitrogens is 1. The minimum atomic E-state index is -0.610. The van der Waals surface area contributed by atoms with Crippen LogP contribution in [0.3, 0.4) is 0 Å². The van der Waals surface area contributed by atoms with Crippen molar-refractivity contribution in [2.45, 2.75) is 0 Å². The van der Waals surface area contributed by atoms with E-state index < -0.39 is 11.7 Å². The van der Waals surface area contributed by atoms with Crippen LogP contribution in [-0.2, 0) is 0 Å². The summed E-state index contributed by atoms with van der Waals surface area (Å²) in [4.78, 5) is 17.0. The molecule has 0 spiro atoms. The number of anilines is 1. The highest BCUT2D eigenvalue weighted by Gasteiger charge is 2.18. The van der Waals surface area contributed by atoms with Crippen molar-refractivity contribution in [3.8, 4) is 22.8 Å². The first-order valence-corrected chi connectivity index (χ1v) is 8.86. The van der Waals surface area contributed by atoms with Crippen LogP contribution >= 0.6 is 11.6 Å². The minimum Gasteiger partial charge on any atom is -0.436 e. The third-order valence-corrected chi connectivity index (χ3v) is 4.38. The lowest BCUT2D eigenvalue weighted by Crippen LogP contribution is -2.14. The summed E-state index contributed by atoms with van der Waals surface area (Å²) >= 11 is 5.76. The van der Waals surface area contributed by atoms with E-state index in [4.69, 9.17) is 16.0 Å². The predicted molar refractivity (Wildman–Crippen MR) is 107 cm³/mol. The Bertz CT molecular complexity index is 1140. The zero-order chi connectivity index (χ0) is 19.5. The number of carbonyl (C=O) groups excluding carboxylic acids is 1. The van der Waals surface area contributed by atoms with E-state index in [2.05, 4.69) is 10.3 Å². The van der Waals surface area contributed by atoms with Crippen LogP contribution in [0.4, 0.5) is 10.1 Å². The molecule has 4 rings (SSSR count). The van der Waals surface area contributed by atoms with Crippen LogP contribution < -0.4 is 5.32 Å². The summed E-state index contributed by atoms with van der Waals surface area (Å²) < 4.78 is 19.9. The van der Waals surface area contributed by atoms with Gasteiger partial charge in [0, 0.05) is 16.1 Å². The Morgan fingerprint density at radius 1 is 1.00 bits per heavy atom. The Balaban J connectivity index is 1.66. The van der Waals surface area contributed by atoms with Crippen molar-refractivity contribution in [3.05, 3.63) is 95.4 Å². The van der Waals surface area contributed by atoms with Gasteiger partial charge in [0.1, 0.15) is 5.82 Å². The molecule has 0 aliphatic carbocycles. The summed E-state index contributed by atoms with van der Waals surface area (Å²) in [5.74, 6) is -0.187. The molecule has 1 heterocycles. The topological polar surface area (TPSA) is 55.1 Å². The van der Waals surface area contributed by atoms with Crippen LogP contribution in [0.15, 0.2) is 83.4 Å². The Hall–Kier alpha value is -3.44. The first kappa shape index (κ1) is 17.9. The van der Waals surface area contributed by atoms with Gasteiger partial charge in [0.15, 0.2) is 5.76 Å². The second-order valence-electron chi connectivity index (χ2n) is 6.02. The number of nitrogens with one attached hydrogen (secondary N) is 1. The summed E-state index contributed by atoms with van der Waals surface area (Å²) in [6.07, 6.45) is 1.61. The molecule has 0 saturated heterocycles. The van der Waals surface area contributed by atoms with Crippen molar-refractivity contribution in [1.29, 1.82) is 0 Å². The number of oxazole rings is 1. The third-order valence-electron chi connectivity index (χ3n) is 4.15. The Morgan fingerprint density at radius 2 is 1.75 bits per heavy atom. The molecule has 4 aromatic rings. The summed E-state index contributed by atoms with van der Waals surface area (Å²) in [7, 11) is 0. The zero-order valence-electron chi connectivity index (χ0n) is 14.5. The van der Waals surface area contributed by atoms with Crippen LogP contribution in [0, 0.1) is 5.82 Å². The second kappa shape index (κ2) is 7.66. The van der Waals surface area contributed by atoms with E-state index in [1.165, 1.54) is 12.1 Å². The lowest BCUT2D eigenvalue weighted by Gasteiger charge is -2.09. The first-order valence-electron chi connectivity index (χ1n) is 8.49. The lowest BCUT2D eigenvalue weighted by atomic mass is 10.1. The quantitative estimate of drug-likeness (QED) is 0.459. The van der Waals surface area contributed by atoms with Crippen molar-refractivity contribution < 1.29 is 13.6 Å². The van der Waals surface area contributed by atoms with Crippen LogP contribution in [0.2, 0.25) is 5.02 Å². The van der Waals surface area contributed by atoms with Crippen molar-refractivity contribution in [3.63, 3.8) is 0 Å². The largest absolute Gasteiger partial charge is 0.436 e. The van der Waals surface area contributed by atoms with E-state index in [1.54, 1.807) is 30.5 Å². The fourth-order valence-electron chi connectivity index (χ4n) is 2.78. The van der Waals surface area contributed by atoms with Gasteiger partial charge in [-0.25, -0.2) is 9.37 Å². The van der Waals surface area contributed by atoms with E-state index >= 15 is 0 Å². The van der Waals surface area contributed by atoms with E-state index in [1.807, 2.05) is 30.3 Å². The van der Waals surface area contributed by atoms with Gasteiger partial charge < -0.3 is 9.73 Å². The average Bonchev–Trinajstić information content (AvgIpc) is 3.21. The van der Waals surface area contributed by atoms with Gasteiger partial charge in [-0.2, -0.15) is 0 Å². The molecule has 6 heteroatoms. The monoisotopic (exact) mass is 392 g/mol. The molecule has 0 fully saturated rings. The van der Waals surface area contributed by atoms with Gasteiger partial charge in [0.05, 0.1) is 17.4 Å². The van der Waals surface area contributed by atoms with Gasteiger partial charge in [-0.3, -0.25) is 4.79 Å². The van der Waals surface area contributed by atoms with Gasteiger partial charge in [-0.05, 0) is 30.3 Å². The Labute approximate surface area is 165 Å². The third kappa shape index (κ3) is 3.66. The molecule has 0 aliphatic rings. The summed E-state index contributed by atoms with van der Waals surface area (Å²) in [5.41, 5.74) is 1.75. The number of carbonyl (C=O) groups is 1. The SMILES string of the molecule is O=C(Nc1ccc(Cl)cc1F)c1ccccc1-c1ncc(-c2ccccc2)o1. The van der Waals surface area contributed by atoms with E-state index in [-0.39, 0.29) is 10.7 Å². The Kier molecular flexibility index (Phi) is 4.91.